The predicted octanol–water partition coefficient (Wildman–Crippen LogP) is 1.80. The summed E-state index contributed by atoms with van der Waals surface area (Å²) in [6.07, 6.45) is 4.25. The number of nitrogens with two attached hydrogens (primary N) is 1. The van der Waals surface area contributed by atoms with E-state index in [1.807, 2.05) is 0 Å². The monoisotopic (exact) mass is 412 g/mol. The van der Waals surface area contributed by atoms with Gasteiger partial charge in [0.25, 0.3) is 11.8 Å². The van der Waals surface area contributed by atoms with Crippen molar-refractivity contribution in [3.8, 4) is 0 Å². The number of nitrogens with one attached hydrogen (secondary N) is 2. The summed E-state index contributed by atoms with van der Waals surface area (Å²) in [4.78, 5) is 50.2. The molecule has 2 heterocycles. The number of fused-ring (bicyclic) bond motifs is 1. The van der Waals surface area contributed by atoms with Gasteiger partial charge >= 0.3 is 0 Å². The lowest BCUT2D eigenvalue weighted by Gasteiger charge is -2.41. The lowest BCUT2D eigenvalue weighted by Crippen LogP contribution is -2.54. The molecule has 30 heavy (non-hydrogen) atoms. The Morgan fingerprint density at radius 1 is 1.07 bits per heavy atom. The highest BCUT2D eigenvalue weighted by molar-refractivity contribution is 6.23. The van der Waals surface area contributed by atoms with Gasteiger partial charge in [-0.2, -0.15) is 0 Å². The molecule has 0 spiro atoms. The largest absolute Gasteiger partial charge is 0.383 e. The zero-order chi connectivity index (χ0) is 21.7. The number of nitrogens with zero attached hydrogens (tertiary/aromatic N) is 1. The first kappa shape index (κ1) is 20.5. The third-order valence-electron chi connectivity index (χ3n) is 6.68. The van der Waals surface area contributed by atoms with Crippen molar-refractivity contribution >= 4 is 29.3 Å². The van der Waals surface area contributed by atoms with Gasteiger partial charge in [-0.15, -0.1) is 0 Å². The van der Waals surface area contributed by atoms with Crippen LogP contribution in [0.4, 0.5) is 5.69 Å². The first-order chi connectivity index (χ1) is 14.1. The molecule has 1 saturated carbocycles. The molecule has 1 aromatic carbocycles. The summed E-state index contributed by atoms with van der Waals surface area (Å²) in [6, 6.07) is 4.06. The average molecular weight is 412 g/mol. The van der Waals surface area contributed by atoms with Crippen LogP contribution in [-0.4, -0.2) is 46.7 Å². The van der Waals surface area contributed by atoms with Crippen LogP contribution in [0.15, 0.2) is 18.2 Å². The van der Waals surface area contributed by atoms with Crippen LogP contribution in [0.1, 0.15) is 73.1 Å². The molecule has 1 unspecified atom stereocenters. The number of rotatable bonds is 4. The van der Waals surface area contributed by atoms with Crippen molar-refractivity contribution in [2.45, 2.75) is 64.0 Å². The number of hydrogen-bond acceptors (Lipinski definition) is 6. The van der Waals surface area contributed by atoms with Crippen LogP contribution in [0.3, 0.4) is 0 Å². The number of imide groups is 2. The third kappa shape index (κ3) is 3.71. The Morgan fingerprint density at radius 3 is 2.40 bits per heavy atom. The van der Waals surface area contributed by atoms with Crippen LogP contribution in [0.2, 0.25) is 0 Å². The van der Waals surface area contributed by atoms with E-state index >= 15 is 0 Å². The first-order valence-corrected chi connectivity index (χ1v) is 10.5. The van der Waals surface area contributed by atoms with Gasteiger partial charge in [-0.05, 0) is 55.7 Å². The molecule has 4 amide bonds. The lowest BCUT2D eigenvalue weighted by atomic mass is 9.70. The summed E-state index contributed by atoms with van der Waals surface area (Å²) in [5.41, 5.74) is 7.86. The standard InChI is InChI=1S/C22H28N4O4/c1-21(2)7-9-22(23,10-8-21)12-24-13-3-4-14-15(11-13)20(30)26(19(14)29)16-5-6-17(27)25-18(16)28/h3-4,11,16,24H,5-10,12,23H2,1-2H3,(H,25,27,28). The van der Waals surface area contributed by atoms with Crippen LogP contribution < -0.4 is 16.4 Å². The summed E-state index contributed by atoms with van der Waals surface area (Å²) in [5, 5.41) is 5.53. The lowest BCUT2D eigenvalue weighted by molar-refractivity contribution is -0.136. The van der Waals surface area contributed by atoms with Gasteiger partial charge in [0.1, 0.15) is 6.04 Å². The molecule has 1 aromatic rings. The zero-order valence-electron chi connectivity index (χ0n) is 17.4. The summed E-state index contributed by atoms with van der Waals surface area (Å²) in [5.74, 6) is -2.00. The topological polar surface area (TPSA) is 122 Å². The molecule has 3 aliphatic rings. The highest BCUT2D eigenvalue weighted by atomic mass is 16.2. The Kier molecular flexibility index (Phi) is 4.92. The fourth-order valence-corrected chi connectivity index (χ4v) is 4.46. The SMILES string of the molecule is CC1(C)CCC(N)(CNc2ccc3c(c2)C(=O)N(C2CCC(=O)NC2=O)C3=O)CC1. The summed E-state index contributed by atoms with van der Waals surface area (Å²) in [7, 11) is 0. The Balaban J connectivity index is 1.47. The summed E-state index contributed by atoms with van der Waals surface area (Å²) < 4.78 is 0. The Labute approximate surface area is 175 Å². The van der Waals surface area contributed by atoms with E-state index in [1.54, 1.807) is 18.2 Å². The van der Waals surface area contributed by atoms with Gasteiger partial charge in [-0.3, -0.25) is 29.4 Å². The maximum atomic E-state index is 12.9. The first-order valence-electron chi connectivity index (χ1n) is 10.5. The van der Waals surface area contributed by atoms with E-state index < -0.39 is 23.8 Å². The van der Waals surface area contributed by atoms with E-state index in [0.29, 0.717) is 12.0 Å². The maximum Gasteiger partial charge on any atom is 0.262 e. The Hall–Kier alpha value is -2.74. The molecular weight excluding hydrogens is 384 g/mol. The molecule has 0 aromatic heterocycles. The van der Waals surface area contributed by atoms with Gasteiger partial charge in [-0.25, -0.2) is 0 Å². The van der Waals surface area contributed by atoms with Crippen LogP contribution in [0.25, 0.3) is 0 Å². The Bertz CT molecular complexity index is 929. The van der Waals surface area contributed by atoms with Crippen LogP contribution in [-0.2, 0) is 9.59 Å². The molecule has 1 atom stereocenters. The van der Waals surface area contributed by atoms with Gasteiger partial charge in [0, 0.05) is 24.2 Å². The highest BCUT2D eigenvalue weighted by Gasteiger charge is 2.44. The van der Waals surface area contributed by atoms with Gasteiger partial charge in [0.2, 0.25) is 11.8 Å². The van der Waals surface area contributed by atoms with Gasteiger partial charge in [0.15, 0.2) is 0 Å². The van der Waals surface area contributed by atoms with Crippen molar-refractivity contribution in [3.05, 3.63) is 29.3 Å². The van der Waals surface area contributed by atoms with E-state index in [-0.39, 0.29) is 35.4 Å². The van der Waals surface area contributed by atoms with Crippen molar-refractivity contribution in [2.75, 3.05) is 11.9 Å². The molecule has 160 valence electrons. The average Bonchev–Trinajstić information content (AvgIpc) is 2.94. The molecule has 8 nitrogen and oxygen atoms in total. The quantitative estimate of drug-likeness (QED) is 0.648. The molecule has 4 rings (SSSR count). The van der Waals surface area contributed by atoms with Crippen LogP contribution >= 0.6 is 0 Å². The van der Waals surface area contributed by atoms with Crippen LogP contribution in [0.5, 0.6) is 0 Å². The number of anilines is 1. The minimum Gasteiger partial charge on any atom is -0.383 e. The summed E-state index contributed by atoms with van der Waals surface area (Å²) in [6.45, 7) is 5.11. The van der Waals surface area contributed by atoms with Gasteiger partial charge < -0.3 is 11.1 Å². The van der Waals surface area contributed by atoms with E-state index in [4.69, 9.17) is 5.73 Å². The fraction of sp³-hybridized carbons (Fsp3) is 0.545. The number of carbonyl (C=O) groups is 4. The molecule has 2 aliphatic heterocycles. The van der Waals surface area contributed by atoms with Crippen molar-refractivity contribution in [1.29, 1.82) is 0 Å². The van der Waals surface area contributed by atoms with Crippen molar-refractivity contribution in [2.24, 2.45) is 11.1 Å². The number of hydrogen-bond donors (Lipinski definition) is 3. The fourth-order valence-electron chi connectivity index (χ4n) is 4.46. The molecule has 8 heteroatoms. The molecular formula is C22H28N4O4. The van der Waals surface area contributed by atoms with E-state index in [2.05, 4.69) is 24.5 Å². The minimum absolute atomic E-state index is 0.103. The van der Waals surface area contributed by atoms with E-state index in [0.717, 1.165) is 36.3 Å². The predicted molar refractivity (Wildman–Crippen MR) is 111 cm³/mol. The second-order valence-corrected chi connectivity index (χ2v) is 9.59. The van der Waals surface area contributed by atoms with Gasteiger partial charge in [-0.1, -0.05) is 13.8 Å². The van der Waals surface area contributed by atoms with E-state index in [1.165, 1.54) is 0 Å². The smallest absolute Gasteiger partial charge is 0.262 e. The van der Waals surface area contributed by atoms with E-state index in [9.17, 15) is 19.2 Å². The number of benzene rings is 1. The molecule has 2 fully saturated rings. The second kappa shape index (κ2) is 7.19. The van der Waals surface area contributed by atoms with Crippen molar-refractivity contribution in [3.63, 3.8) is 0 Å². The van der Waals surface area contributed by atoms with Crippen molar-refractivity contribution in [1.82, 2.24) is 10.2 Å². The second-order valence-electron chi connectivity index (χ2n) is 9.59. The molecule has 4 N–H and O–H groups in total. The van der Waals surface area contributed by atoms with Crippen molar-refractivity contribution < 1.29 is 19.2 Å². The molecule has 1 saturated heterocycles. The Morgan fingerprint density at radius 2 is 1.73 bits per heavy atom. The van der Waals surface area contributed by atoms with Crippen LogP contribution in [0, 0.1) is 5.41 Å². The minimum atomic E-state index is -0.954. The highest BCUT2D eigenvalue weighted by Crippen LogP contribution is 2.39. The third-order valence-corrected chi connectivity index (χ3v) is 6.68. The summed E-state index contributed by atoms with van der Waals surface area (Å²) >= 11 is 0. The van der Waals surface area contributed by atoms with Gasteiger partial charge in [0.05, 0.1) is 11.1 Å². The zero-order valence-corrected chi connectivity index (χ0v) is 17.4. The normalized spacial score (nSPS) is 25.2. The molecule has 0 bridgehead atoms. The number of carbonyl (C=O) groups excluding carboxylic acids is 4. The number of piperidine rings is 1. The number of amides is 4. The maximum absolute atomic E-state index is 12.9. The molecule has 1 aliphatic carbocycles. The molecule has 0 radical (unpaired) electrons.